The molecule has 24 heavy (non-hydrogen) atoms. The van der Waals surface area contributed by atoms with Gasteiger partial charge in [-0.05, 0) is 60.3 Å². The van der Waals surface area contributed by atoms with Gasteiger partial charge in [0.15, 0.2) is 0 Å². The van der Waals surface area contributed by atoms with Gasteiger partial charge in [-0.15, -0.1) is 12.4 Å². The van der Waals surface area contributed by atoms with Crippen LogP contribution in [0.3, 0.4) is 0 Å². The Morgan fingerprint density at radius 3 is 1.67 bits per heavy atom. The number of ether oxygens (including phenoxy) is 1. The summed E-state index contributed by atoms with van der Waals surface area (Å²) in [7, 11) is 0. The summed E-state index contributed by atoms with van der Waals surface area (Å²) in [6.45, 7) is 8.70. The summed E-state index contributed by atoms with van der Waals surface area (Å²) in [5, 5.41) is 2.74. The standard InChI is InChI=1S/C11H19NO3.C6H11NO.ClH/c1-7(13)8-5-9(6-8)12-10(14)15-11(2,3)4;1-4(8)5-2-6(7)3-5;/h8-9H,5-6H2,1-4H3,(H,12,14);5-6H,2-3,7H2,1H3;1H. The first-order chi connectivity index (χ1) is 10.5. The lowest BCUT2D eigenvalue weighted by atomic mass is 9.78. The minimum absolute atomic E-state index is 0. The molecule has 0 saturated heterocycles. The molecule has 2 aliphatic carbocycles. The Morgan fingerprint density at radius 1 is 0.958 bits per heavy atom. The van der Waals surface area contributed by atoms with E-state index in [9.17, 15) is 14.4 Å². The van der Waals surface area contributed by atoms with Crippen molar-refractivity contribution >= 4 is 30.1 Å². The van der Waals surface area contributed by atoms with Gasteiger partial charge in [0.2, 0.25) is 0 Å². The number of alkyl carbamates (subject to hydrolysis) is 1. The highest BCUT2D eigenvalue weighted by Gasteiger charge is 2.34. The molecule has 7 heteroatoms. The Hall–Kier alpha value is -1.14. The second-order valence-corrected chi connectivity index (χ2v) is 7.66. The summed E-state index contributed by atoms with van der Waals surface area (Å²) < 4.78 is 5.10. The van der Waals surface area contributed by atoms with Crippen LogP contribution in [0.4, 0.5) is 4.79 Å². The van der Waals surface area contributed by atoms with Crippen LogP contribution in [-0.2, 0) is 14.3 Å². The van der Waals surface area contributed by atoms with Crippen molar-refractivity contribution in [2.45, 2.75) is 78.0 Å². The van der Waals surface area contributed by atoms with E-state index in [0.29, 0.717) is 17.7 Å². The topological polar surface area (TPSA) is 98.5 Å². The van der Waals surface area contributed by atoms with Gasteiger partial charge in [0.05, 0.1) is 0 Å². The number of hydrogen-bond acceptors (Lipinski definition) is 5. The zero-order chi connectivity index (χ0) is 17.8. The Bertz CT molecular complexity index is 450. The van der Waals surface area contributed by atoms with E-state index in [-0.39, 0.29) is 30.2 Å². The number of hydrogen-bond donors (Lipinski definition) is 2. The van der Waals surface area contributed by atoms with Gasteiger partial charge in [0.25, 0.3) is 0 Å². The number of Topliss-reactive ketones (excluding diaryl/α,β-unsaturated/α-hetero) is 2. The monoisotopic (exact) mass is 362 g/mol. The first-order valence-electron chi connectivity index (χ1n) is 8.24. The van der Waals surface area contributed by atoms with Gasteiger partial charge < -0.3 is 15.8 Å². The van der Waals surface area contributed by atoms with Crippen LogP contribution >= 0.6 is 12.4 Å². The third-order valence-electron chi connectivity index (χ3n) is 4.18. The largest absolute Gasteiger partial charge is 0.444 e. The van der Waals surface area contributed by atoms with Gasteiger partial charge in [-0.2, -0.15) is 0 Å². The first-order valence-corrected chi connectivity index (χ1v) is 8.24. The molecule has 2 aliphatic rings. The van der Waals surface area contributed by atoms with Crippen molar-refractivity contribution in [2.24, 2.45) is 17.6 Å². The fourth-order valence-electron chi connectivity index (χ4n) is 2.54. The Labute approximate surface area is 150 Å². The smallest absolute Gasteiger partial charge is 0.407 e. The van der Waals surface area contributed by atoms with Crippen LogP contribution in [-0.4, -0.2) is 35.3 Å². The molecule has 3 N–H and O–H groups in total. The fraction of sp³-hybridized carbons (Fsp3) is 0.824. The Morgan fingerprint density at radius 2 is 1.38 bits per heavy atom. The molecule has 0 radical (unpaired) electrons. The fourth-order valence-corrected chi connectivity index (χ4v) is 2.54. The van der Waals surface area contributed by atoms with E-state index in [2.05, 4.69) is 5.32 Å². The highest BCUT2D eigenvalue weighted by molar-refractivity contribution is 5.85. The van der Waals surface area contributed by atoms with E-state index in [4.69, 9.17) is 10.5 Å². The number of halogens is 1. The van der Waals surface area contributed by atoms with Crippen molar-refractivity contribution in [1.82, 2.24) is 5.32 Å². The first kappa shape index (κ1) is 22.9. The number of amides is 1. The quantitative estimate of drug-likeness (QED) is 0.804. The second-order valence-electron chi connectivity index (χ2n) is 7.66. The van der Waals surface area contributed by atoms with Crippen LogP contribution in [0.2, 0.25) is 0 Å². The Balaban J connectivity index is 0.000000498. The molecule has 140 valence electrons. The minimum atomic E-state index is -0.464. The molecule has 0 heterocycles. The van der Waals surface area contributed by atoms with Crippen molar-refractivity contribution in [3.63, 3.8) is 0 Å². The van der Waals surface area contributed by atoms with Gasteiger partial charge in [0, 0.05) is 23.9 Å². The van der Waals surface area contributed by atoms with E-state index in [1.54, 1.807) is 13.8 Å². The number of carbonyl (C=O) groups is 3. The van der Waals surface area contributed by atoms with E-state index in [1.165, 1.54) is 0 Å². The SMILES string of the molecule is CC(=O)C1CC(N)C1.CC(=O)C1CC(NC(=O)OC(C)(C)C)C1.Cl. The Kier molecular flexibility index (Phi) is 8.93. The van der Waals surface area contributed by atoms with Crippen LogP contribution < -0.4 is 11.1 Å². The zero-order valence-electron chi connectivity index (χ0n) is 15.3. The van der Waals surface area contributed by atoms with E-state index < -0.39 is 11.7 Å². The maximum Gasteiger partial charge on any atom is 0.407 e. The molecule has 0 atom stereocenters. The molecular weight excluding hydrogens is 332 g/mol. The normalized spacial score (nSPS) is 27.9. The highest BCUT2D eigenvalue weighted by Crippen LogP contribution is 2.28. The molecular formula is C17H31ClN2O4. The van der Waals surface area contributed by atoms with Crippen molar-refractivity contribution in [3.8, 4) is 0 Å². The third-order valence-corrected chi connectivity index (χ3v) is 4.18. The number of nitrogens with one attached hydrogen (secondary N) is 1. The van der Waals surface area contributed by atoms with Crippen LogP contribution in [0.25, 0.3) is 0 Å². The summed E-state index contributed by atoms with van der Waals surface area (Å²) in [6, 6.07) is 0.414. The van der Waals surface area contributed by atoms with Crippen LogP contribution in [0.15, 0.2) is 0 Å². The zero-order valence-corrected chi connectivity index (χ0v) is 16.1. The molecule has 0 aromatic carbocycles. The molecule has 2 rings (SSSR count). The number of carbonyl (C=O) groups excluding carboxylic acids is 3. The van der Waals surface area contributed by atoms with Crippen LogP contribution in [0.5, 0.6) is 0 Å². The molecule has 0 aliphatic heterocycles. The average molecular weight is 363 g/mol. The van der Waals surface area contributed by atoms with Crippen LogP contribution in [0.1, 0.15) is 60.3 Å². The van der Waals surface area contributed by atoms with Gasteiger partial charge in [-0.1, -0.05) is 0 Å². The van der Waals surface area contributed by atoms with Crippen molar-refractivity contribution in [2.75, 3.05) is 0 Å². The minimum Gasteiger partial charge on any atom is -0.444 e. The van der Waals surface area contributed by atoms with Crippen molar-refractivity contribution < 1.29 is 19.1 Å². The number of nitrogens with two attached hydrogens (primary N) is 1. The third kappa shape index (κ3) is 8.11. The lowest BCUT2D eigenvalue weighted by Crippen LogP contribution is -2.47. The summed E-state index contributed by atoms with van der Waals surface area (Å²) >= 11 is 0. The molecule has 0 spiro atoms. The summed E-state index contributed by atoms with van der Waals surface area (Å²) in [4.78, 5) is 32.8. The lowest BCUT2D eigenvalue weighted by Gasteiger charge is -2.34. The van der Waals surface area contributed by atoms with E-state index in [0.717, 1.165) is 25.7 Å². The summed E-state index contributed by atoms with van der Waals surface area (Å²) in [5.41, 5.74) is 4.99. The molecule has 0 aromatic rings. The van der Waals surface area contributed by atoms with Gasteiger partial charge in [-0.25, -0.2) is 4.79 Å². The van der Waals surface area contributed by atoms with Crippen molar-refractivity contribution in [3.05, 3.63) is 0 Å². The van der Waals surface area contributed by atoms with Gasteiger partial charge >= 0.3 is 6.09 Å². The molecule has 0 bridgehead atoms. The summed E-state index contributed by atoms with van der Waals surface area (Å²) in [6.07, 6.45) is 2.92. The second kappa shape index (κ2) is 9.37. The molecule has 6 nitrogen and oxygen atoms in total. The van der Waals surface area contributed by atoms with E-state index >= 15 is 0 Å². The average Bonchev–Trinajstić information content (AvgIpc) is 2.27. The van der Waals surface area contributed by atoms with Gasteiger partial charge in [-0.3, -0.25) is 9.59 Å². The van der Waals surface area contributed by atoms with E-state index in [1.807, 2.05) is 20.8 Å². The lowest BCUT2D eigenvalue weighted by molar-refractivity contribution is -0.124. The molecule has 0 unspecified atom stereocenters. The highest BCUT2D eigenvalue weighted by atomic mass is 35.5. The van der Waals surface area contributed by atoms with Gasteiger partial charge in [0.1, 0.15) is 17.2 Å². The predicted octanol–water partition coefficient (Wildman–Crippen LogP) is 2.61. The number of rotatable bonds is 3. The van der Waals surface area contributed by atoms with Crippen LogP contribution in [0, 0.1) is 11.8 Å². The summed E-state index contributed by atoms with van der Waals surface area (Å²) in [5.74, 6) is 0.930. The number of ketones is 2. The molecule has 2 fully saturated rings. The molecule has 0 aromatic heterocycles. The van der Waals surface area contributed by atoms with Crippen molar-refractivity contribution in [1.29, 1.82) is 0 Å². The molecule has 1 amide bonds. The maximum absolute atomic E-state index is 11.3. The molecule has 2 saturated carbocycles. The maximum atomic E-state index is 11.3. The predicted molar refractivity (Wildman–Crippen MR) is 95.2 cm³/mol.